The van der Waals surface area contributed by atoms with E-state index in [1.807, 2.05) is 106 Å². The van der Waals surface area contributed by atoms with Crippen molar-refractivity contribution in [2.45, 2.75) is 92.2 Å². The zero-order valence-corrected chi connectivity index (χ0v) is 35.0. The summed E-state index contributed by atoms with van der Waals surface area (Å²) in [6.45, 7) is 4.42. The van der Waals surface area contributed by atoms with Crippen LogP contribution in [-0.4, -0.2) is 19.6 Å². The van der Waals surface area contributed by atoms with Crippen molar-refractivity contribution in [3.63, 3.8) is 0 Å². The number of rotatable bonds is 6. The van der Waals surface area contributed by atoms with E-state index in [0.717, 1.165) is 33.5 Å². The van der Waals surface area contributed by atoms with Gasteiger partial charge in [-0.3, -0.25) is 9.55 Å². The van der Waals surface area contributed by atoms with Crippen LogP contribution in [0.4, 0.5) is 0 Å². The lowest BCUT2D eigenvalue weighted by atomic mass is 9.83. The lowest BCUT2D eigenvalue weighted by Crippen LogP contribution is -2.12. The van der Waals surface area contributed by atoms with Gasteiger partial charge in [0.25, 0.3) is 0 Å². The molecule has 1 N–H and O–H groups in total. The van der Waals surface area contributed by atoms with Crippen LogP contribution in [-0.2, 0) is 16.2 Å². The van der Waals surface area contributed by atoms with Crippen molar-refractivity contribution < 1.29 is 27.0 Å². The molecule has 2 aromatic heterocycles. The highest BCUT2D eigenvalue weighted by molar-refractivity contribution is 5.98. The number of imidazole rings is 1. The normalized spacial score (nSPS) is 16.8. The van der Waals surface area contributed by atoms with Gasteiger partial charge in [-0.15, -0.1) is 0 Å². The van der Waals surface area contributed by atoms with E-state index in [1.165, 1.54) is 0 Å². The second-order valence-electron chi connectivity index (χ2n) is 17.5. The van der Waals surface area contributed by atoms with Crippen LogP contribution in [0.2, 0.25) is 0 Å². The van der Waals surface area contributed by atoms with Crippen LogP contribution in [0.1, 0.15) is 112 Å². The number of hydrogen-bond acceptors (Lipinski definition) is 3. The van der Waals surface area contributed by atoms with Gasteiger partial charge in [0.1, 0.15) is 11.6 Å². The Hall–Kier alpha value is -6.26. The highest BCUT2D eigenvalue weighted by atomic mass is 16.3. The third-order valence-corrected chi connectivity index (χ3v) is 10.8. The van der Waals surface area contributed by atoms with E-state index in [-0.39, 0.29) is 22.4 Å². The summed E-state index contributed by atoms with van der Waals surface area (Å²) in [5.74, 6) is 0.522. The van der Waals surface area contributed by atoms with Crippen molar-refractivity contribution in [1.82, 2.24) is 14.5 Å². The van der Waals surface area contributed by atoms with Crippen molar-refractivity contribution >= 4 is 11.0 Å². The Morgan fingerprint density at radius 3 is 2.00 bits per heavy atom. The lowest BCUT2D eigenvalue weighted by Gasteiger charge is -2.23. The molecule has 8 aromatic rings. The predicted octanol–water partition coefficient (Wildman–Crippen LogP) is 15.0. The number of benzene rings is 6. The summed E-state index contributed by atoms with van der Waals surface area (Å²) < 4.78 is 140. The molecule has 4 nitrogen and oxygen atoms in total. The van der Waals surface area contributed by atoms with Crippen molar-refractivity contribution in [3.05, 3.63) is 167 Å². The molecule has 0 unspecified atom stereocenters. The molecule has 0 aliphatic rings. The van der Waals surface area contributed by atoms with Gasteiger partial charge >= 0.3 is 0 Å². The number of nitrogens with zero attached hydrogens (tertiary/aromatic N) is 3. The molecule has 0 atom stereocenters. The smallest absolute Gasteiger partial charge is 0.149 e. The fourth-order valence-electron chi connectivity index (χ4n) is 7.49. The monoisotopic (exact) mass is 804 g/mol. The highest BCUT2D eigenvalue weighted by Gasteiger charge is 2.25. The zero-order valence-electron chi connectivity index (χ0n) is 51.0. The Kier molecular flexibility index (Phi) is 6.38. The maximum absolute atomic E-state index is 11.8. The first-order valence-electron chi connectivity index (χ1n) is 27.8. The van der Waals surface area contributed by atoms with Gasteiger partial charge in [0.05, 0.1) is 37.6 Å². The molecule has 6 aromatic carbocycles. The number of phenolic OH excluding ortho intramolecular Hbond substituents is 1. The summed E-state index contributed by atoms with van der Waals surface area (Å²) in [5.41, 5.74) is 1.70. The summed E-state index contributed by atoms with van der Waals surface area (Å²) in [5, 5.41) is 11.8. The molecule has 8 rings (SSSR count). The molecule has 2 heterocycles. The Morgan fingerprint density at radius 1 is 0.583 bits per heavy atom. The molecular formula is C56H57N3O. The standard InChI is InChI=1S/C56H57N3O/c1-35-28-36(2)52(60)47(29-35)53-58-51-45(18-15-19-50(51)59(53)49-25-24-43(55(6,7)8)34-46(49)38-16-13-12-14-17-38)40-30-41(32-44(31-40)56(9,10)11)48-33-39(26-27-57-48)37-20-22-42(23-21-37)54(3,4)5/h12-34,60H,1-11H3/i3D3,4D3,5D3,20D,21D,22D,23D,26D,27D,33D. The molecule has 0 saturated carbocycles. The molecule has 0 aliphatic heterocycles. The van der Waals surface area contributed by atoms with Gasteiger partial charge in [0, 0.05) is 35.2 Å². The molecule has 0 amide bonds. The number of pyridine rings is 1. The van der Waals surface area contributed by atoms with Gasteiger partial charge in [0.15, 0.2) is 0 Å². The van der Waals surface area contributed by atoms with Crippen LogP contribution in [0, 0.1) is 13.8 Å². The minimum Gasteiger partial charge on any atom is -0.507 e. The third-order valence-electron chi connectivity index (χ3n) is 10.8. The number of aryl methyl sites for hydroxylation is 2. The van der Waals surface area contributed by atoms with Gasteiger partial charge < -0.3 is 5.11 Å². The van der Waals surface area contributed by atoms with E-state index in [0.29, 0.717) is 39.1 Å². The van der Waals surface area contributed by atoms with E-state index in [1.54, 1.807) is 12.1 Å². The van der Waals surface area contributed by atoms with Gasteiger partial charge in [0.2, 0.25) is 0 Å². The van der Waals surface area contributed by atoms with E-state index in [4.69, 9.17) is 25.5 Å². The molecule has 0 spiro atoms. The van der Waals surface area contributed by atoms with Gasteiger partial charge in [-0.05, 0) is 129 Å². The minimum absolute atomic E-state index is 0.0599. The number of aromatic nitrogens is 3. The Bertz CT molecular complexity index is 3570. The molecule has 0 bridgehead atoms. The maximum atomic E-state index is 11.8. The van der Waals surface area contributed by atoms with Crippen LogP contribution in [0.15, 0.2) is 139 Å². The summed E-state index contributed by atoms with van der Waals surface area (Å²) in [4.78, 5) is 9.79. The number of phenols is 1. The Morgan fingerprint density at radius 2 is 1.30 bits per heavy atom. The fraction of sp³-hybridized carbons (Fsp3) is 0.250. The van der Waals surface area contributed by atoms with E-state index >= 15 is 0 Å². The first-order chi connectivity index (χ1) is 35.0. The Balaban J connectivity index is 1.43. The van der Waals surface area contributed by atoms with Crippen LogP contribution < -0.4 is 0 Å². The zero-order chi connectivity index (χ0) is 56.3. The van der Waals surface area contributed by atoms with Crippen LogP contribution in [0.5, 0.6) is 5.75 Å². The first-order valence-corrected chi connectivity index (χ1v) is 19.8. The van der Waals surface area contributed by atoms with Crippen molar-refractivity contribution in [2.24, 2.45) is 0 Å². The summed E-state index contributed by atoms with van der Waals surface area (Å²) >= 11 is 0. The van der Waals surface area contributed by atoms with Crippen molar-refractivity contribution in [1.29, 1.82) is 0 Å². The molecule has 60 heavy (non-hydrogen) atoms. The fourth-order valence-corrected chi connectivity index (χ4v) is 7.49. The summed E-state index contributed by atoms with van der Waals surface area (Å²) in [6.07, 6.45) is -0.725. The highest BCUT2D eigenvalue weighted by Crippen LogP contribution is 2.43. The third kappa shape index (κ3) is 7.79. The largest absolute Gasteiger partial charge is 0.507 e. The van der Waals surface area contributed by atoms with Crippen molar-refractivity contribution in [3.8, 4) is 67.5 Å². The molecule has 0 radical (unpaired) electrons. The van der Waals surface area contributed by atoms with Crippen LogP contribution >= 0.6 is 0 Å². The molecular weight excluding hydrogens is 731 g/mol. The number of aromatic hydroxyl groups is 1. The van der Waals surface area contributed by atoms with Crippen LogP contribution in [0.25, 0.3) is 72.7 Å². The summed E-state index contributed by atoms with van der Waals surface area (Å²) in [6, 6.07) is 25.1. The summed E-state index contributed by atoms with van der Waals surface area (Å²) in [7, 11) is 0. The lowest BCUT2D eigenvalue weighted by molar-refractivity contribution is 0.472. The van der Waals surface area contributed by atoms with E-state index in [2.05, 4.69) is 44.0 Å². The average molecular weight is 804 g/mol. The van der Waals surface area contributed by atoms with Crippen LogP contribution in [0.3, 0.4) is 0 Å². The first kappa shape index (κ1) is 25.4. The molecule has 4 heteroatoms. The number of fused-ring (bicyclic) bond motifs is 1. The molecule has 302 valence electrons. The number of para-hydroxylation sites is 1. The molecule has 0 saturated heterocycles. The SMILES string of the molecule is [2H]c1nc(-c2cc(-c3cccc4c3nc(-c3cc(C)cc(C)c3O)n4-c3ccc(C(C)(C)C)cc3-c3ccccc3)cc(C(C)(C)C)c2)c([2H])c(-c2c([2H])c([2H])c(C(C([2H])([2H])[2H])(C([2H])([2H])[2H])C([2H])([2H])[2H])c([2H])c2[2H])c1[2H]. The molecule has 0 aliphatic carbocycles. The maximum Gasteiger partial charge on any atom is 0.149 e. The topological polar surface area (TPSA) is 50.9 Å². The second kappa shape index (κ2) is 15.1. The van der Waals surface area contributed by atoms with E-state index < -0.39 is 90.5 Å². The quantitative estimate of drug-likeness (QED) is 0.182. The predicted molar refractivity (Wildman–Crippen MR) is 253 cm³/mol. The van der Waals surface area contributed by atoms with Gasteiger partial charge in [-0.2, -0.15) is 0 Å². The van der Waals surface area contributed by atoms with Crippen molar-refractivity contribution in [2.75, 3.05) is 0 Å². The van der Waals surface area contributed by atoms with E-state index in [9.17, 15) is 6.48 Å². The van der Waals surface area contributed by atoms with Gasteiger partial charge in [-0.1, -0.05) is 147 Å². The number of hydrogen-bond donors (Lipinski definition) is 1. The Labute approximate surface area is 379 Å². The minimum atomic E-state index is -3.92. The molecule has 0 fully saturated rings. The van der Waals surface area contributed by atoms with Gasteiger partial charge in [-0.25, -0.2) is 4.98 Å². The second-order valence-corrected chi connectivity index (χ2v) is 17.5. The average Bonchev–Trinajstić information content (AvgIpc) is 3.71.